The summed E-state index contributed by atoms with van der Waals surface area (Å²) in [5.41, 5.74) is -0.680. The van der Waals surface area contributed by atoms with Crippen LogP contribution in [0.1, 0.15) is 114 Å². The van der Waals surface area contributed by atoms with Crippen molar-refractivity contribution >= 4 is 11.9 Å². The van der Waals surface area contributed by atoms with Crippen molar-refractivity contribution in [3.8, 4) is 0 Å². The fourth-order valence-electron chi connectivity index (χ4n) is 11.6. The van der Waals surface area contributed by atoms with Gasteiger partial charge in [-0.3, -0.25) is 4.79 Å². The monoisotopic (exact) mass is 622 g/mol. The van der Waals surface area contributed by atoms with Crippen molar-refractivity contribution in [1.82, 2.24) is 4.90 Å². The van der Waals surface area contributed by atoms with E-state index in [1.54, 1.807) is 4.90 Å². The summed E-state index contributed by atoms with van der Waals surface area (Å²) >= 11 is 0. The van der Waals surface area contributed by atoms with Gasteiger partial charge in [0.05, 0.1) is 13.2 Å². The van der Waals surface area contributed by atoms with Crippen LogP contribution in [0, 0.1) is 63.2 Å². The van der Waals surface area contributed by atoms with Crippen LogP contribution in [0.4, 0.5) is 4.79 Å². The lowest BCUT2D eigenvalue weighted by Crippen LogP contribution is -2.66. The predicted octanol–water partition coefficient (Wildman–Crippen LogP) is 8.35. The maximum Gasteiger partial charge on any atom is 0.410 e. The highest BCUT2D eigenvalue weighted by atomic mass is 16.6. The zero-order chi connectivity index (χ0) is 33.5. The predicted molar refractivity (Wildman–Crippen MR) is 176 cm³/mol. The summed E-state index contributed by atoms with van der Waals surface area (Å²) in [4.78, 5) is 33.8. The van der Waals surface area contributed by atoms with Crippen LogP contribution in [0.3, 0.4) is 0 Å². The number of carbonyl (C=O) groups is 2. The molecule has 0 aromatic carbocycles. The number of rotatable bonds is 4. The summed E-state index contributed by atoms with van der Waals surface area (Å²) in [5.74, 6) is 1.25. The van der Waals surface area contributed by atoms with Crippen molar-refractivity contribution in [3.05, 3.63) is 34.5 Å². The van der Waals surface area contributed by atoms with Crippen LogP contribution in [0.25, 0.3) is 4.85 Å². The topological polar surface area (TPSA) is 91.4 Å². The molecule has 3 fully saturated rings. The van der Waals surface area contributed by atoms with Gasteiger partial charge in [0.25, 0.3) is 0 Å². The quantitative estimate of drug-likeness (QED) is 0.308. The molecule has 0 aromatic heterocycles. The number of allylic oxidation sites excluding steroid dienone is 4. The molecule has 0 aliphatic heterocycles. The molecule has 1 amide bonds. The van der Waals surface area contributed by atoms with Crippen molar-refractivity contribution in [1.29, 1.82) is 0 Å². The van der Waals surface area contributed by atoms with Crippen molar-refractivity contribution in [2.24, 2.45) is 56.7 Å². The summed E-state index contributed by atoms with van der Waals surface area (Å²) in [6.07, 6.45) is 7.77. The second-order valence-electron chi connectivity index (χ2n) is 17.9. The van der Waals surface area contributed by atoms with Crippen LogP contribution in [0.15, 0.2) is 23.1 Å². The average molecular weight is 623 g/mol. The average Bonchev–Trinajstić information content (AvgIpc) is 2.94. The van der Waals surface area contributed by atoms with E-state index in [9.17, 15) is 19.8 Å². The van der Waals surface area contributed by atoms with Gasteiger partial charge in [-0.2, -0.15) is 0 Å². The van der Waals surface area contributed by atoms with Crippen molar-refractivity contribution in [2.75, 3.05) is 19.7 Å². The third-order valence-corrected chi connectivity index (χ3v) is 14.2. The van der Waals surface area contributed by atoms with Crippen LogP contribution in [-0.4, -0.2) is 52.3 Å². The Morgan fingerprint density at radius 3 is 2.36 bits per heavy atom. The number of nitrogens with zero attached hydrogens (tertiary/aromatic N) is 2. The number of hydrogen-bond acceptors (Lipinski definition) is 5. The second kappa shape index (κ2) is 10.9. The SMILES string of the molecule is [C-]#[N+]C1=C(O)C(C)(C)[C@@H]2CC[C@]3(C)C(=CC(=O)[C@@H]4[C@@H]5[C@@H](C)[C@H](C)CC[C@]5(CN(CCO)C(=O)OC(C)(C)C)CC[C@]43C)[C@@]2(C)C1. The highest BCUT2D eigenvalue weighted by Crippen LogP contribution is 2.75. The number of aliphatic hydroxyl groups is 2. The van der Waals surface area contributed by atoms with E-state index in [4.69, 9.17) is 11.3 Å². The van der Waals surface area contributed by atoms with Gasteiger partial charge >= 0.3 is 6.09 Å². The lowest BCUT2D eigenvalue weighted by molar-refractivity contribution is -0.181. The Morgan fingerprint density at radius 1 is 1.09 bits per heavy atom. The molecule has 5 aliphatic rings. The van der Waals surface area contributed by atoms with Gasteiger partial charge in [-0.15, -0.1) is 0 Å². The molecular weight excluding hydrogens is 564 g/mol. The van der Waals surface area contributed by atoms with Gasteiger partial charge in [-0.05, 0) is 117 Å². The minimum absolute atomic E-state index is 0.0989. The van der Waals surface area contributed by atoms with Crippen molar-refractivity contribution in [3.63, 3.8) is 0 Å². The molecule has 5 aliphatic carbocycles. The molecule has 2 N–H and O–H groups in total. The molecule has 3 saturated carbocycles. The first-order valence-electron chi connectivity index (χ1n) is 17.4. The number of carbonyl (C=O) groups excluding carboxylic acids is 2. The molecule has 0 bridgehead atoms. The standard InChI is InChI=1S/C38H58N2O5/c1-23-12-15-38(22-40(18-19-41)32(44)45-33(3,4)5)17-16-37(10)30(29(38)24(23)2)26(42)20-28-35(8)21-25(39-11)31(43)34(6,7)27(35)13-14-36(28,37)9/h20,23-24,27,29-30,41,43H,12-19,21-22H2,1-10H3/t23-,24+,27+,29+,30-,35+,36-,37-,38-/m1/s1. The van der Waals surface area contributed by atoms with Gasteiger partial charge in [-0.1, -0.05) is 54.0 Å². The lowest BCUT2D eigenvalue weighted by Gasteiger charge is -2.70. The third kappa shape index (κ3) is 4.90. The molecule has 0 heterocycles. The smallest absolute Gasteiger partial charge is 0.410 e. The molecule has 250 valence electrons. The highest BCUT2D eigenvalue weighted by Gasteiger charge is 2.70. The summed E-state index contributed by atoms with van der Waals surface area (Å²) in [6.45, 7) is 29.9. The highest BCUT2D eigenvalue weighted by molar-refractivity contribution is 5.95. The van der Waals surface area contributed by atoms with E-state index in [0.717, 1.165) is 38.5 Å². The summed E-state index contributed by atoms with van der Waals surface area (Å²) < 4.78 is 5.81. The first-order chi connectivity index (χ1) is 20.7. The Labute approximate surface area is 271 Å². The van der Waals surface area contributed by atoms with E-state index in [1.165, 1.54) is 5.57 Å². The second-order valence-corrected chi connectivity index (χ2v) is 17.9. The molecule has 9 atom stereocenters. The summed E-state index contributed by atoms with van der Waals surface area (Å²) in [6, 6.07) is 0. The van der Waals surface area contributed by atoms with Gasteiger partial charge in [0.1, 0.15) is 11.4 Å². The first-order valence-corrected chi connectivity index (χ1v) is 17.4. The van der Waals surface area contributed by atoms with E-state index < -0.39 is 17.1 Å². The zero-order valence-corrected chi connectivity index (χ0v) is 29.5. The Hall–Kier alpha value is -2.33. The van der Waals surface area contributed by atoms with E-state index >= 15 is 0 Å². The number of fused-ring (bicyclic) bond motifs is 7. The van der Waals surface area contributed by atoms with Crippen LogP contribution >= 0.6 is 0 Å². The van der Waals surface area contributed by atoms with Crippen LogP contribution < -0.4 is 0 Å². The minimum Gasteiger partial charge on any atom is -0.523 e. The minimum atomic E-state index is -0.641. The molecule has 0 spiro atoms. The van der Waals surface area contributed by atoms with Crippen LogP contribution in [0.5, 0.6) is 0 Å². The molecule has 7 heteroatoms. The van der Waals surface area contributed by atoms with Gasteiger partial charge in [-0.25, -0.2) is 9.64 Å². The normalized spacial score (nSPS) is 42.3. The molecule has 45 heavy (non-hydrogen) atoms. The molecule has 0 unspecified atom stereocenters. The largest absolute Gasteiger partial charge is 0.523 e. The molecule has 0 saturated heterocycles. The van der Waals surface area contributed by atoms with Crippen molar-refractivity contribution in [2.45, 2.75) is 120 Å². The Balaban J connectivity index is 1.61. The number of hydrogen-bond donors (Lipinski definition) is 2. The Bertz CT molecular complexity index is 1350. The summed E-state index contributed by atoms with van der Waals surface area (Å²) in [7, 11) is 0. The molecule has 7 nitrogen and oxygen atoms in total. The Kier molecular flexibility index (Phi) is 8.21. The van der Waals surface area contributed by atoms with Gasteiger partial charge in [0.2, 0.25) is 5.70 Å². The van der Waals surface area contributed by atoms with Crippen molar-refractivity contribution < 1.29 is 24.5 Å². The van der Waals surface area contributed by atoms with Crippen LogP contribution in [0.2, 0.25) is 0 Å². The Morgan fingerprint density at radius 2 is 1.76 bits per heavy atom. The van der Waals surface area contributed by atoms with Gasteiger partial charge in [0.15, 0.2) is 5.78 Å². The maximum atomic E-state index is 14.9. The maximum absolute atomic E-state index is 14.9. The fraction of sp³-hybridized carbons (Fsp3) is 0.816. The molecule has 0 radical (unpaired) electrons. The van der Waals surface area contributed by atoms with E-state index in [0.29, 0.717) is 30.5 Å². The lowest BCUT2D eigenvalue weighted by atomic mass is 9.33. The number of amides is 1. The summed E-state index contributed by atoms with van der Waals surface area (Å²) in [5, 5.41) is 21.1. The number of ether oxygens (including phenoxy) is 1. The third-order valence-electron chi connectivity index (χ3n) is 14.2. The number of aliphatic hydroxyl groups excluding tert-OH is 2. The molecular formula is C38H58N2O5. The first kappa shape index (κ1) is 34.0. The molecule has 0 aromatic rings. The van der Waals surface area contributed by atoms with E-state index in [1.807, 2.05) is 26.8 Å². The molecule has 5 rings (SSSR count). The fourth-order valence-corrected chi connectivity index (χ4v) is 11.6. The van der Waals surface area contributed by atoms with Gasteiger partial charge in [0, 0.05) is 24.4 Å². The number of ketones is 1. The van der Waals surface area contributed by atoms with E-state index in [2.05, 4.69) is 53.3 Å². The zero-order valence-electron chi connectivity index (χ0n) is 29.5. The van der Waals surface area contributed by atoms with Gasteiger partial charge < -0.3 is 19.8 Å². The van der Waals surface area contributed by atoms with E-state index in [-0.39, 0.29) is 64.1 Å². The van der Waals surface area contributed by atoms with Crippen LogP contribution in [-0.2, 0) is 9.53 Å².